The topological polar surface area (TPSA) is 72.2 Å². The summed E-state index contributed by atoms with van der Waals surface area (Å²) in [6.07, 6.45) is 0. The molecule has 0 saturated carbocycles. The summed E-state index contributed by atoms with van der Waals surface area (Å²) < 4.78 is 39.7. The number of nitrogens with one attached hydrogen (secondary N) is 1. The largest absolute Gasteiger partial charge is 0.329 e. The van der Waals surface area contributed by atoms with E-state index in [1.54, 1.807) is 6.92 Å². The molecule has 0 spiro atoms. The zero-order chi connectivity index (χ0) is 13.2. The Hall–Kier alpha value is -0.210. The molecule has 3 N–H and O–H groups in total. The molecule has 0 aromatic heterocycles. The van der Waals surface area contributed by atoms with Gasteiger partial charge < -0.3 is 5.73 Å². The molecular weight excluding hydrogens is 335 g/mol. The number of sulfonamides is 1. The zero-order valence-electron chi connectivity index (χ0n) is 8.88. The van der Waals surface area contributed by atoms with E-state index in [0.717, 1.165) is 12.1 Å². The van der Waals surface area contributed by atoms with Gasteiger partial charge in [-0.2, -0.15) is 0 Å². The molecule has 0 fully saturated rings. The fourth-order valence-electron chi connectivity index (χ4n) is 1.09. The quantitative estimate of drug-likeness (QED) is 0.818. The third-order valence-electron chi connectivity index (χ3n) is 1.97. The van der Waals surface area contributed by atoms with Gasteiger partial charge in [-0.3, -0.25) is 0 Å². The van der Waals surface area contributed by atoms with Crippen molar-refractivity contribution >= 4 is 37.6 Å². The van der Waals surface area contributed by atoms with Crippen LogP contribution < -0.4 is 10.5 Å². The highest BCUT2D eigenvalue weighted by molar-refractivity contribution is 9.10. The molecule has 0 amide bonds. The highest BCUT2D eigenvalue weighted by Crippen LogP contribution is 2.27. The molecule has 1 rings (SSSR count). The van der Waals surface area contributed by atoms with Crippen LogP contribution in [0.4, 0.5) is 4.39 Å². The van der Waals surface area contributed by atoms with Gasteiger partial charge in [0.15, 0.2) is 0 Å². The Morgan fingerprint density at radius 3 is 2.71 bits per heavy atom. The average Bonchev–Trinajstić information content (AvgIpc) is 2.22. The lowest BCUT2D eigenvalue weighted by molar-refractivity contribution is 0.544. The van der Waals surface area contributed by atoms with Crippen LogP contribution in [0.1, 0.15) is 6.92 Å². The van der Waals surface area contributed by atoms with Crippen molar-refractivity contribution in [1.82, 2.24) is 4.72 Å². The summed E-state index contributed by atoms with van der Waals surface area (Å²) in [4.78, 5) is -0.494. The minimum atomic E-state index is -3.95. The van der Waals surface area contributed by atoms with E-state index in [9.17, 15) is 12.8 Å². The summed E-state index contributed by atoms with van der Waals surface area (Å²) in [7, 11) is -3.95. The van der Waals surface area contributed by atoms with E-state index in [2.05, 4.69) is 20.7 Å². The molecule has 96 valence electrons. The highest BCUT2D eigenvalue weighted by atomic mass is 79.9. The van der Waals surface area contributed by atoms with Crippen LogP contribution in [0.25, 0.3) is 0 Å². The van der Waals surface area contributed by atoms with E-state index in [-0.39, 0.29) is 11.6 Å². The maximum absolute atomic E-state index is 13.5. The number of benzene rings is 1. The summed E-state index contributed by atoms with van der Waals surface area (Å²) in [5.41, 5.74) is 5.30. The van der Waals surface area contributed by atoms with Gasteiger partial charge in [-0.05, 0) is 35.0 Å². The van der Waals surface area contributed by atoms with Gasteiger partial charge in [0, 0.05) is 17.1 Å². The molecule has 0 aliphatic heterocycles. The smallest absolute Gasteiger partial charge is 0.243 e. The lowest BCUT2D eigenvalue weighted by Crippen LogP contribution is -2.38. The molecular formula is C9H11BrClFN2O2S. The highest BCUT2D eigenvalue weighted by Gasteiger charge is 2.22. The van der Waals surface area contributed by atoms with E-state index in [1.165, 1.54) is 0 Å². The van der Waals surface area contributed by atoms with E-state index in [0.29, 0.717) is 4.47 Å². The Kier molecular flexibility index (Phi) is 4.91. The number of hydrogen-bond donors (Lipinski definition) is 2. The zero-order valence-corrected chi connectivity index (χ0v) is 12.0. The molecule has 1 aromatic carbocycles. The van der Waals surface area contributed by atoms with Crippen molar-refractivity contribution in [3.8, 4) is 0 Å². The standard InChI is InChI=1S/C9H11BrClFN2O2S/c1-5(4-13)14-17(15,16)9-3-7(11)6(10)2-8(9)12/h2-3,5,14H,4,13H2,1H3/t5-/m0/s1. The Labute approximate surface area is 113 Å². The molecule has 17 heavy (non-hydrogen) atoms. The summed E-state index contributed by atoms with van der Waals surface area (Å²) in [6, 6.07) is 1.57. The third kappa shape index (κ3) is 3.62. The lowest BCUT2D eigenvalue weighted by atomic mass is 10.3. The van der Waals surface area contributed by atoms with Gasteiger partial charge in [-0.15, -0.1) is 0 Å². The number of nitrogens with two attached hydrogens (primary N) is 1. The fraction of sp³-hybridized carbons (Fsp3) is 0.333. The SMILES string of the molecule is C[C@@H](CN)NS(=O)(=O)c1cc(Cl)c(Br)cc1F. The molecule has 0 radical (unpaired) electrons. The van der Waals surface area contributed by atoms with Crippen LogP contribution in [0, 0.1) is 5.82 Å². The normalized spacial score (nSPS) is 13.7. The van der Waals surface area contributed by atoms with E-state index in [1.807, 2.05) is 0 Å². The monoisotopic (exact) mass is 344 g/mol. The average molecular weight is 346 g/mol. The third-order valence-corrected chi connectivity index (χ3v) is 4.78. The van der Waals surface area contributed by atoms with Crippen LogP contribution in [0.15, 0.2) is 21.5 Å². The predicted molar refractivity (Wildman–Crippen MR) is 67.9 cm³/mol. The molecule has 4 nitrogen and oxygen atoms in total. The molecule has 0 unspecified atom stereocenters. The first-order valence-electron chi connectivity index (χ1n) is 4.65. The van der Waals surface area contributed by atoms with Crippen LogP contribution in [0.5, 0.6) is 0 Å². The van der Waals surface area contributed by atoms with Gasteiger partial charge in [0.25, 0.3) is 0 Å². The van der Waals surface area contributed by atoms with Crippen molar-refractivity contribution in [2.45, 2.75) is 17.9 Å². The van der Waals surface area contributed by atoms with Crippen LogP contribution in [0.3, 0.4) is 0 Å². The summed E-state index contributed by atoms with van der Waals surface area (Å²) in [6.45, 7) is 1.70. The van der Waals surface area contributed by atoms with Crippen LogP contribution >= 0.6 is 27.5 Å². The lowest BCUT2D eigenvalue weighted by Gasteiger charge is -2.13. The molecule has 1 atom stereocenters. The summed E-state index contributed by atoms with van der Waals surface area (Å²) >= 11 is 8.74. The van der Waals surface area contributed by atoms with Crippen molar-refractivity contribution in [3.05, 3.63) is 27.4 Å². The van der Waals surface area contributed by atoms with Gasteiger partial charge in [0.05, 0.1) is 5.02 Å². The maximum atomic E-state index is 13.5. The Bertz CT molecular complexity index is 524. The number of hydrogen-bond acceptors (Lipinski definition) is 3. The first-order chi connectivity index (χ1) is 7.77. The van der Waals surface area contributed by atoms with Crippen LogP contribution in [-0.2, 0) is 10.0 Å². The Balaban J connectivity index is 3.20. The summed E-state index contributed by atoms with van der Waals surface area (Å²) in [5.74, 6) is -0.877. The minimum absolute atomic E-state index is 0.116. The van der Waals surface area contributed by atoms with Gasteiger partial charge in [-0.1, -0.05) is 11.6 Å². The Morgan fingerprint density at radius 1 is 1.59 bits per heavy atom. The first-order valence-corrected chi connectivity index (χ1v) is 7.30. The van der Waals surface area contributed by atoms with E-state index in [4.69, 9.17) is 17.3 Å². The van der Waals surface area contributed by atoms with Gasteiger partial charge in [0.2, 0.25) is 10.0 Å². The van der Waals surface area contributed by atoms with Crippen molar-refractivity contribution in [3.63, 3.8) is 0 Å². The van der Waals surface area contributed by atoms with Crippen molar-refractivity contribution in [2.24, 2.45) is 5.73 Å². The second-order valence-corrected chi connectivity index (χ2v) is 6.40. The van der Waals surface area contributed by atoms with Crippen molar-refractivity contribution < 1.29 is 12.8 Å². The number of halogens is 3. The second-order valence-electron chi connectivity index (χ2n) is 3.45. The molecule has 0 heterocycles. The molecule has 0 aliphatic rings. The minimum Gasteiger partial charge on any atom is -0.329 e. The molecule has 0 bridgehead atoms. The number of rotatable bonds is 4. The maximum Gasteiger partial charge on any atom is 0.243 e. The van der Waals surface area contributed by atoms with Crippen molar-refractivity contribution in [2.75, 3.05) is 6.54 Å². The van der Waals surface area contributed by atoms with Gasteiger partial charge in [-0.25, -0.2) is 17.5 Å². The van der Waals surface area contributed by atoms with Gasteiger partial charge >= 0.3 is 0 Å². The molecule has 8 heteroatoms. The van der Waals surface area contributed by atoms with Gasteiger partial charge in [0.1, 0.15) is 10.7 Å². The molecule has 0 aliphatic carbocycles. The molecule has 0 saturated heterocycles. The van der Waals surface area contributed by atoms with Crippen molar-refractivity contribution in [1.29, 1.82) is 0 Å². The van der Waals surface area contributed by atoms with Crippen LogP contribution in [0.2, 0.25) is 5.02 Å². The predicted octanol–water partition coefficient (Wildman–Crippen LogP) is 1.87. The Morgan fingerprint density at radius 2 is 2.18 bits per heavy atom. The molecule has 1 aromatic rings. The first kappa shape index (κ1) is 14.8. The van der Waals surface area contributed by atoms with E-state index < -0.39 is 26.8 Å². The van der Waals surface area contributed by atoms with Crippen LogP contribution in [-0.4, -0.2) is 21.0 Å². The summed E-state index contributed by atoms with van der Waals surface area (Å²) in [5, 5.41) is 0.118. The second kappa shape index (κ2) is 5.62. The van der Waals surface area contributed by atoms with E-state index >= 15 is 0 Å². The fourth-order valence-corrected chi connectivity index (χ4v) is 2.97.